The fourth-order valence-corrected chi connectivity index (χ4v) is 1.92. The summed E-state index contributed by atoms with van der Waals surface area (Å²) in [5, 5.41) is 3.25. The van der Waals surface area contributed by atoms with Crippen molar-refractivity contribution in [2.75, 3.05) is 26.8 Å². The average molecular weight is 222 g/mol. The van der Waals surface area contributed by atoms with Crippen LogP contribution in [0.25, 0.3) is 0 Å². The maximum atomic E-state index is 5.58. The Morgan fingerprint density at radius 2 is 2.06 bits per heavy atom. The highest BCUT2D eigenvalue weighted by atomic mass is 16.6. The second-order valence-corrected chi connectivity index (χ2v) is 3.82. The maximum absolute atomic E-state index is 5.58. The van der Waals surface area contributed by atoms with Crippen molar-refractivity contribution in [1.29, 1.82) is 0 Å². The molecule has 3 N–H and O–H groups in total. The number of nitrogens with one attached hydrogen (secondary N) is 1. The number of fused-ring (bicyclic) bond motifs is 1. The summed E-state index contributed by atoms with van der Waals surface area (Å²) in [5.74, 6) is 1.67. The number of hydrogen-bond acceptors (Lipinski definition) is 4. The third-order valence-corrected chi connectivity index (χ3v) is 2.77. The highest BCUT2D eigenvalue weighted by Gasteiger charge is 2.15. The van der Waals surface area contributed by atoms with Gasteiger partial charge in [0.2, 0.25) is 0 Å². The predicted molar refractivity (Wildman–Crippen MR) is 62.9 cm³/mol. The van der Waals surface area contributed by atoms with Crippen LogP contribution in [0.2, 0.25) is 0 Å². The largest absolute Gasteiger partial charge is 0.486 e. The van der Waals surface area contributed by atoms with E-state index in [0.717, 1.165) is 17.9 Å². The Kier molecular flexibility index (Phi) is 3.64. The molecule has 0 fully saturated rings. The van der Waals surface area contributed by atoms with Gasteiger partial charge in [0.25, 0.3) is 0 Å². The zero-order valence-corrected chi connectivity index (χ0v) is 9.53. The number of rotatable bonds is 4. The van der Waals surface area contributed by atoms with Gasteiger partial charge in [0.05, 0.1) is 0 Å². The number of benzene rings is 1. The summed E-state index contributed by atoms with van der Waals surface area (Å²) in [6.07, 6.45) is 0.913. The van der Waals surface area contributed by atoms with Crippen LogP contribution in [0.4, 0.5) is 0 Å². The summed E-state index contributed by atoms with van der Waals surface area (Å²) in [6.45, 7) is 1.92. The van der Waals surface area contributed by atoms with E-state index in [1.807, 2.05) is 19.2 Å². The Morgan fingerprint density at radius 3 is 2.75 bits per heavy atom. The fraction of sp³-hybridized carbons (Fsp3) is 0.500. The lowest BCUT2D eigenvalue weighted by Gasteiger charge is -2.21. The van der Waals surface area contributed by atoms with Gasteiger partial charge in [-0.25, -0.2) is 0 Å². The first kappa shape index (κ1) is 11.2. The molecule has 0 aromatic heterocycles. The standard InChI is InChI=1S/C12H18N2O2/c1-14-10(4-5-13)9-2-3-11-12(8-9)16-7-6-15-11/h2-3,8,10,14H,4-7,13H2,1H3. The minimum Gasteiger partial charge on any atom is -0.486 e. The lowest BCUT2D eigenvalue weighted by atomic mass is 10.0. The number of hydrogen-bond donors (Lipinski definition) is 2. The Balaban J connectivity index is 2.21. The molecule has 1 aliphatic heterocycles. The second-order valence-electron chi connectivity index (χ2n) is 3.82. The highest BCUT2D eigenvalue weighted by molar-refractivity contribution is 5.44. The quantitative estimate of drug-likeness (QED) is 0.800. The number of nitrogens with two attached hydrogens (primary N) is 1. The molecule has 0 saturated carbocycles. The molecule has 1 aromatic rings. The van der Waals surface area contributed by atoms with Gasteiger partial charge in [-0.3, -0.25) is 0 Å². The van der Waals surface area contributed by atoms with Crippen molar-refractivity contribution in [2.24, 2.45) is 5.73 Å². The van der Waals surface area contributed by atoms with E-state index in [-0.39, 0.29) is 6.04 Å². The number of ether oxygens (including phenoxy) is 2. The summed E-state index contributed by atoms with van der Waals surface area (Å²) >= 11 is 0. The van der Waals surface area contributed by atoms with Crippen LogP contribution in [-0.2, 0) is 0 Å². The minimum absolute atomic E-state index is 0.279. The molecule has 2 rings (SSSR count). The zero-order valence-electron chi connectivity index (χ0n) is 9.53. The van der Waals surface area contributed by atoms with E-state index in [9.17, 15) is 0 Å². The molecule has 0 aliphatic carbocycles. The first-order valence-corrected chi connectivity index (χ1v) is 5.62. The predicted octanol–water partition coefficient (Wildman–Crippen LogP) is 1.07. The first-order chi connectivity index (χ1) is 7.85. The Hall–Kier alpha value is -1.26. The molecule has 0 spiro atoms. The van der Waals surface area contributed by atoms with Crippen LogP contribution < -0.4 is 20.5 Å². The molecule has 1 heterocycles. The lowest BCUT2D eigenvalue weighted by molar-refractivity contribution is 0.171. The molecule has 16 heavy (non-hydrogen) atoms. The van der Waals surface area contributed by atoms with Crippen LogP contribution in [0.5, 0.6) is 11.5 Å². The molecule has 88 valence electrons. The average Bonchev–Trinajstić information content (AvgIpc) is 2.35. The molecule has 1 unspecified atom stereocenters. The van der Waals surface area contributed by atoms with E-state index in [2.05, 4.69) is 11.4 Å². The summed E-state index contributed by atoms with van der Waals surface area (Å²) < 4.78 is 11.0. The van der Waals surface area contributed by atoms with Crippen molar-refractivity contribution < 1.29 is 9.47 Å². The monoisotopic (exact) mass is 222 g/mol. The van der Waals surface area contributed by atoms with Crippen LogP contribution in [0.15, 0.2) is 18.2 Å². The summed E-state index contributed by atoms with van der Waals surface area (Å²) in [4.78, 5) is 0. The molecular weight excluding hydrogens is 204 g/mol. The molecule has 0 amide bonds. The van der Waals surface area contributed by atoms with Gasteiger partial charge in [-0.05, 0) is 37.7 Å². The van der Waals surface area contributed by atoms with E-state index >= 15 is 0 Å². The highest BCUT2D eigenvalue weighted by Crippen LogP contribution is 2.33. The Bertz CT molecular complexity index is 355. The summed E-state index contributed by atoms with van der Waals surface area (Å²) in [6, 6.07) is 6.33. The molecule has 4 nitrogen and oxygen atoms in total. The smallest absolute Gasteiger partial charge is 0.161 e. The van der Waals surface area contributed by atoms with Crippen LogP contribution in [0.1, 0.15) is 18.0 Å². The summed E-state index contributed by atoms with van der Waals surface area (Å²) in [5.41, 5.74) is 6.78. The van der Waals surface area contributed by atoms with Gasteiger partial charge < -0.3 is 20.5 Å². The van der Waals surface area contributed by atoms with Gasteiger partial charge >= 0.3 is 0 Å². The van der Waals surface area contributed by atoms with Crippen molar-refractivity contribution in [2.45, 2.75) is 12.5 Å². The Labute approximate surface area is 95.7 Å². The lowest BCUT2D eigenvalue weighted by Crippen LogP contribution is -2.21. The van der Waals surface area contributed by atoms with Gasteiger partial charge in [0, 0.05) is 6.04 Å². The van der Waals surface area contributed by atoms with Gasteiger partial charge in [-0.15, -0.1) is 0 Å². The van der Waals surface area contributed by atoms with Crippen LogP contribution in [-0.4, -0.2) is 26.8 Å². The van der Waals surface area contributed by atoms with E-state index in [4.69, 9.17) is 15.2 Å². The van der Waals surface area contributed by atoms with Gasteiger partial charge in [0.15, 0.2) is 11.5 Å². The maximum Gasteiger partial charge on any atom is 0.161 e. The van der Waals surface area contributed by atoms with Crippen LogP contribution >= 0.6 is 0 Å². The van der Waals surface area contributed by atoms with Crippen molar-refractivity contribution in [3.63, 3.8) is 0 Å². The van der Waals surface area contributed by atoms with Crippen molar-refractivity contribution in [1.82, 2.24) is 5.32 Å². The molecule has 1 aliphatic rings. The first-order valence-electron chi connectivity index (χ1n) is 5.62. The molecule has 0 saturated heterocycles. The molecule has 0 bridgehead atoms. The van der Waals surface area contributed by atoms with Crippen molar-refractivity contribution in [3.05, 3.63) is 23.8 Å². The van der Waals surface area contributed by atoms with Gasteiger partial charge in [-0.2, -0.15) is 0 Å². The van der Waals surface area contributed by atoms with Gasteiger partial charge in [-0.1, -0.05) is 6.07 Å². The van der Waals surface area contributed by atoms with Crippen molar-refractivity contribution >= 4 is 0 Å². The fourth-order valence-electron chi connectivity index (χ4n) is 1.92. The normalized spacial score (nSPS) is 15.9. The van der Waals surface area contributed by atoms with Crippen LogP contribution in [0, 0.1) is 0 Å². The third kappa shape index (κ3) is 2.28. The van der Waals surface area contributed by atoms with E-state index in [1.165, 1.54) is 5.56 Å². The van der Waals surface area contributed by atoms with Crippen LogP contribution in [0.3, 0.4) is 0 Å². The topological polar surface area (TPSA) is 56.5 Å². The molecule has 1 atom stereocenters. The molecule has 0 radical (unpaired) electrons. The van der Waals surface area contributed by atoms with Gasteiger partial charge in [0.1, 0.15) is 13.2 Å². The van der Waals surface area contributed by atoms with E-state index in [0.29, 0.717) is 19.8 Å². The molecular formula is C12H18N2O2. The summed E-state index contributed by atoms with van der Waals surface area (Å²) in [7, 11) is 1.94. The van der Waals surface area contributed by atoms with Crippen molar-refractivity contribution in [3.8, 4) is 11.5 Å². The van der Waals surface area contributed by atoms with E-state index < -0.39 is 0 Å². The molecule has 1 aromatic carbocycles. The Morgan fingerprint density at radius 1 is 1.31 bits per heavy atom. The van der Waals surface area contributed by atoms with E-state index in [1.54, 1.807) is 0 Å². The zero-order chi connectivity index (χ0) is 11.4. The SMILES string of the molecule is CNC(CCN)c1ccc2c(c1)OCCO2. The second kappa shape index (κ2) is 5.18. The molecule has 4 heteroatoms. The minimum atomic E-state index is 0.279. The third-order valence-electron chi connectivity index (χ3n) is 2.77.